The van der Waals surface area contributed by atoms with Gasteiger partial charge >= 0.3 is 0 Å². The van der Waals surface area contributed by atoms with Crippen LogP contribution in [0.1, 0.15) is 22.0 Å². The highest BCUT2D eigenvalue weighted by Crippen LogP contribution is 2.22. The summed E-state index contributed by atoms with van der Waals surface area (Å²) < 4.78 is 13.3. The van der Waals surface area contributed by atoms with Crippen molar-refractivity contribution < 1.29 is 9.18 Å². The Hall–Kier alpha value is -1.95. The zero-order valence-electron chi connectivity index (χ0n) is 14.8. The summed E-state index contributed by atoms with van der Waals surface area (Å²) in [4.78, 5) is 17.1. The highest BCUT2D eigenvalue weighted by Gasteiger charge is 2.24. The van der Waals surface area contributed by atoms with E-state index in [1.807, 2.05) is 0 Å². The van der Waals surface area contributed by atoms with Gasteiger partial charge in [0.15, 0.2) is 0 Å². The molecule has 1 heterocycles. The number of carbonyl (C=O) groups is 1. The molecule has 2 aromatic carbocycles. The fourth-order valence-corrected chi connectivity index (χ4v) is 3.43. The van der Waals surface area contributed by atoms with E-state index in [0.29, 0.717) is 17.1 Å². The Morgan fingerprint density at radius 2 is 1.77 bits per heavy atom. The lowest BCUT2D eigenvalue weighted by atomic mass is 10.0. The van der Waals surface area contributed by atoms with Crippen LogP contribution in [0.3, 0.4) is 0 Å². The summed E-state index contributed by atoms with van der Waals surface area (Å²) in [6.45, 7) is 4.19. The monoisotopic (exact) mass is 375 g/mol. The SMILES string of the molecule is CN1CCN(C(CNC(=O)c2ccccc2Cl)c2ccc(F)cc2)CC1. The lowest BCUT2D eigenvalue weighted by Crippen LogP contribution is -2.48. The van der Waals surface area contributed by atoms with Gasteiger partial charge in [-0.15, -0.1) is 0 Å². The van der Waals surface area contributed by atoms with Crippen molar-refractivity contribution in [2.24, 2.45) is 0 Å². The first-order valence-electron chi connectivity index (χ1n) is 8.75. The van der Waals surface area contributed by atoms with Gasteiger partial charge in [-0.05, 0) is 36.9 Å². The van der Waals surface area contributed by atoms with Crippen LogP contribution in [-0.4, -0.2) is 55.5 Å². The number of likely N-dealkylation sites (N-methyl/N-ethyl adjacent to an activating group) is 1. The molecule has 6 heteroatoms. The summed E-state index contributed by atoms with van der Waals surface area (Å²) in [5, 5.41) is 3.42. The fourth-order valence-electron chi connectivity index (χ4n) is 3.21. The van der Waals surface area contributed by atoms with Crippen molar-refractivity contribution in [3.8, 4) is 0 Å². The molecule has 26 heavy (non-hydrogen) atoms. The Kier molecular flexibility index (Phi) is 6.25. The predicted octanol–water partition coefficient (Wildman–Crippen LogP) is 3.20. The van der Waals surface area contributed by atoms with Crippen molar-refractivity contribution in [2.75, 3.05) is 39.8 Å². The summed E-state index contributed by atoms with van der Waals surface area (Å²) in [6.07, 6.45) is 0. The molecule has 1 aliphatic rings. The maximum absolute atomic E-state index is 13.3. The minimum absolute atomic E-state index is 0.00395. The normalized spacial score (nSPS) is 17.0. The zero-order valence-corrected chi connectivity index (χ0v) is 15.5. The van der Waals surface area contributed by atoms with E-state index in [9.17, 15) is 9.18 Å². The average Bonchev–Trinajstić information content (AvgIpc) is 2.65. The third-order valence-corrected chi connectivity index (χ3v) is 5.14. The van der Waals surface area contributed by atoms with Gasteiger partial charge in [-0.2, -0.15) is 0 Å². The Balaban J connectivity index is 1.74. The summed E-state index contributed by atoms with van der Waals surface area (Å²) in [5.74, 6) is -0.456. The molecule has 0 bridgehead atoms. The second-order valence-corrected chi connectivity index (χ2v) is 7.00. The zero-order chi connectivity index (χ0) is 18.5. The molecule has 0 spiro atoms. The summed E-state index contributed by atoms with van der Waals surface area (Å²) in [7, 11) is 2.10. The van der Waals surface area contributed by atoms with Gasteiger partial charge in [0, 0.05) is 32.7 Å². The first-order valence-corrected chi connectivity index (χ1v) is 9.13. The molecule has 0 aromatic heterocycles. The maximum atomic E-state index is 13.3. The molecule has 0 aliphatic carbocycles. The van der Waals surface area contributed by atoms with Crippen LogP contribution in [0, 0.1) is 5.82 Å². The van der Waals surface area contributed by atoms with Crippen LogP contribution in [0.5, 0.6) is 0 Å². The molecule has 2 aromatic rings. The minimum Gasteiger partial charge on any atom is -0.350 e. The minimum atomic E-state index is -0.258. The van der Waals surface area contributed by atoms with Crippen molar-refractivity contribution in [3.63, 3.8) is 0 Å². The molecule has 138 valence electrons. The molecule has 1 saturated heterocycles. The Labute approximate surface area is 158 Å². The van der Waals surface area contributed by atoms with E-state index in [0.717, 1.165) is 31.7 Å². The molecule has 1 N–H and O–H groups in total. The van der Waals surface area contributed by atoms with Crippen molar-refractivity contribution >= 4 is 17.5 Å². The first-order chi connectivity index (χ1) is 12.5. The van der Waals surface area contributed by atoms with Gasteiger partial charge in [0.1, 0.15) is 5.82 Å². The van der Waals surface area contributed by atoms with Crippen LogP contribution in [0.25, 0.3) is 0 Å². The van der Waals surface area contributed by atoms with Crippen LogP contribution in [0.2, 0.25) is 5.02 Å². The average molecular weight is 376 g/mol. The van der Waals surface area contributed by atoms with E-state index in [1.165, 1.54) is 12.1 Å². The Morgan fingerprint density at radius 1 is 1.12 bits per heavy atom. The number of benzene rings is 2. The molecule has 1 unspecified atom stereocenters. The second kappa shape index (κ2) is 8.62. The number of hydrogen-bond donors (Lipinski definition) is 1. The second-order valence-electron chi connectivity index (χ2n) is 6.60. The van der Waals surface area contributed by atoms with Crippen molar-refractivity contribution in [3.05, 3.63) is 70.5 Å². The number of carbonyl (C=O) groups excluding carboxylic acids is 1. The van der Waals surface area contributed by atoms with Gasteiger partial charge in [0.25, 0.3) is 5.91 Å². The van der Waals surface area contributed by atoms with Gasteiger partial charge in [0.05, 0.1) is 16.6 Å². The van der Waals surface area contributed by atoms with E-state index in [4.69, 9.17) is 11.6 Å². The largest absolute Gasteiger partial charge is 0.350 e. The molecule has 0 radical (unpaired) electrons. The van der Waals surface area contributed by atoms with Gasteiger partial charge in [0.2, 0.25) is 0 Å². The molecule has 4 nitrogen and oxygen atoms in total. The van der Waals surface area contributed by atoms with Gasteiger partial charge in [-0.25, -0.2) is 4.39 Å². The first kappa shape index (κ1) is 18.8. The Bertz CT molecular complexity index is 745. The standard InChI is InChI=1S/C20H23ClFN3O/c1-24-10-12-25(13-11-24)19(15-6-8-16(22)9-7-15)14-23-20(26)17-4-2-3-5-18(17)21/h2-9,19H,10-14H2,1H3,(H,23,26). The predicted molar refractivity (Wildman–Crippen MR) is 102 cm³/mol. The number of nitrogens with one attached hydrogen (secondary N) is 1. The maximum Gasteiger partial charge on any atom is 0.252 e. The van der Waals surface area contributed by atoms with Crippen LogP contribution in [0.15, 0.2) is 48.5 Å². The Morgan fingerprint density at radius 3 is 2.42 bits per heavy atom. The van der Waals surface area contributed by atoms with E-state index in [2.05, 4.69) is 22.2 Å². The number of piperazine rings is 1. The molecular weight excluding hydrogens is 353 g/mol. The number of nitrogens with zero attached hydrogens (tertiary/aromatic N) is 2. The lowest BCUT2D eigenvalue weighted by molar-refractivity contribution is 0.0886. The summed E-state index contributed by atoms with van der Waals surface area (Å²) >= 11 is 6.12. The highest BCUT2D eigenvalue weighted by molar-refractivity contribution is 6.33. The van der Waals surface area contributed by atoms with Crippen LogP contribution < -0.4 is 5.32 Å². The van der Waals surface area contributed by atoms with E-state index in [1.54, 1.807) is 36.4 Å². The van der Waals surface area contributed by atoms with E-state index >= 15 is 0 Å². The van der Waals surface area contributed by atoms with Crippen molar-refractivity contribution in [1.82, 2.24) is 15.1 Å². The van der Waals surface area contributed by atoms with Gasteiger partial charge < -0.3 is 10.2 Å². The van der Waals surface area contributed by atoms with Gasteiger partial charge in [-0.3, -0.25) is 9.69 Å². The van der Waals surface area contributed by atoms with Crippen LogP contribution in [-0.2, 0) is 0 Å². The van der Waals surface area contributed by atoms with E-state index in [-0.39, 0.29) is 17.8 Å². The quantitative estimate of drug-likeness (QED) is 0.871. The topological polar surface area (TPSA) is 35.6 Å². The third-order valence-electron chi connectivity index (χ3n) is 4.81. The molecule has 1 fully saturated rings. The molecule has 1 amide bonds. The van der Waals surface area contributed by atoms with E-state index < -0.39 is 0 Å². The van der Waals surface area contributed by atoms with Crippen molar-refractivity contribution in [2.45, 2.75) is 6.04 Å². The number of rotatable bonds is 5. The fraction of sp³-hybridized carbons (Fsp3) is 0.350. The highest BCUT2D eigenvalue weighted by atomic mass is 35.5. The van der Waals surface area contributed by atoms with Crippen molar-refractivity contribution in [1.29, 1.82) is 0 Å². The molecule has 1 aliphatic heterocycles. The molecule has 1 atom stereocenters. The molecular formula is C20H23ClFN3O. The third kappa shape index (κ3) is 4.61. The summed E-state index contributed by atoms with van der Waals surface area (Å²) in [5.41, 5.74) is 1.46. The molecule has 0 saturated carbocycles. The summed E-state index contributed by atoms with van der Waals surface area (Å²) in [6, 6.07) is 13.5. The number of hydrogen-bond acceptors (Lipinski definition) is 3. The number of amides is 1. The smallest absolute Gasteiger partial charge is 0.252 e. The molecule has 3 rings (SSSR count). The number of halogens is 2. The van der Waals surface area contributed by atoms with Gasteiger partial charge in [-0.1, -0.05) is 35.9 Å². The van der Waals surface area contributed by atoms with Crippen LogP contribution in [0.4, 0.5) is 4.39 Å². The lowest BCUT2D eigenvalue weighted by Gasteiger charge is -2.38. The van der Waals surface area contributed by atoms with Crippen LogP contribution >= 0.6 is 11.6 Å².